The Morgan fingerprint density at radius 2 is 1.92 bits per heavy atom. The Morgan fingerprint density at radius 1 is 1.04 bits per heavy atom. The van der Waals surface area contributed by atoms with E-state index in [1.807, 2.05) is 4.90 Å². The number of hydrogen-bond acceptors (Lipinski definition) is 4. The van der Waals surface area contributed by atoms with Crippen LogP contribution in [0.15, 0.2) is 42.7 Å². The van der Waals surface area contributed by atoms with Gasteiger partial charge in [0.2, 0.25) is 0 Å². The van der Waals surface area contributed by atoms with Crippen molar-refractivity contribution in [3.8, 4) is 0 Å². The molecule has 1 N–H and O–H groups in total. The fraction of sp³-hybridized carbons (Fsp3) is 0.222. The summed E-state index contributed by atoms with van der Waals surface area (Å²) in [6.45, 7) is 1.20. The summed E-state index contributed by atoms with van der Waals surface area (Å²) in [6, 6.07) is 6.71. The van der Waals surface area contributed by atoms with Gasteiger partial charge in [-0.25, -0.2) is 18.2 Å². The first-order chi connectivity index (χ1) is 12.1. The normalized spacial score (nSPS) is 17.2. The van der Waals surface area contributed by atoms with Crippen molar-refractivity contribution in [2.45, 2.75) is 12.5 Å². The number of hydrogen-bond donors (Lipinski definition) is 1. The number of halogens is 3. The van der Waals surface area contributed by atoms with Gasteiger partial charge in [-0.3, -0.25) is 4.98 Å². The van der Waals surface area contributed by atoms with Crippen LogP contribution in [0.3, 0.4) is 0 Å². The van der Waals surface area contributed by atoms with Crippen molar-refractivity contribution >= 4 is 22.4 Å². The minimum absolute atomic E-state index is 0.0123. The van der Waals surface area contributed by atoms with Crippen molar-refractivity contribution < 1.29 is 13.2 Å². The Kier molecular flexibility index (Phi) is 3.91. The molecular formula is C18H15F3N4. The van der Waals surface area contributed by atoms with Gasteiger partial charge >= 0.3 is 0 Å². The van der Waals surface area contributed by atoms with Crippen LogP contribution in [-0.4, -0.2) is 29.1 Å². The van der Waals surface area contributed by atoms with Crippen molar-refractivity contribution in [3.05, 3.63) is 60.2 Å². The molecular weight excluding hydrogens is 329 g/mol. The summed E-state index contributed by atoms with van der Waals surface area (Å²) < 4.78 is 41.3. The van der Waals surface area contributed by atoms with Crippen LogP contribution in [0.5, 0.6) is 0 Å². The van der Waals surface area contributed by atoms with Gasteiger partial charge in [-0.05, 0) is 30.7 Å². The van der Waals surface area contributed by atoms with Crippen LogP contribution in [0.2, 0.25) is 0 Å². The topological polar surface area (TPSA) is 41.1 Å². The van der Waals surface area contributed by atoms with E-state index in [2.05, 4.69) is 15.3 Å². The van der Waals surface area contributed by atoms with Crippen LogP contribution < -0.4 is 10.2 Å². The predicted molar refractivity (Wildman–Crippen MR) is 90.1 cm³/mol. The average molecular weight is 344 g/mol. The molecule has 4 nitrogen and oxygen atoms in total. The van der Waals surface area contributed by atoms with Gasteiger partial charge in [0.05, 0.1) is 0 Å². The molecule has 0 saturated carbocycles. The highest BCUT2D eigenvalue weighted by Crippen LogP contribution is 2.28. The van der Waals surface area contributed by atoms with Crippen molar-refractivity contribution in [1.29, 1.82) is 0 Å². The lowest BCUT2D eigenvalue weighted by Gasteiger charge is -2.19. The second-order valence-corrected chi connectivity index (χ2v) is 6.03. The van der Waals surface area contributed by atoms with Gasteiger partial charge in [-0.2, -0.15) is 0 Å². The molecule has 0 amide bonds. The Hall–Kier alpha value is -2.83. The van der Waals surface area contributed by atoms with E-state index in [0.717, 1.165) is 12.5 Å². The molecule has 2 aromatic heterocycles. The van der Waals surface area contributed by atoms with Crippen LogP contribution in [0.25, 0.3) is 10.9 Å². The largest absolute Gasteiger partial charge is 0.380 e. The number of fused-ring (bicyclic) bond motifs is 1. The maximum Gasteiger partial charge on any atom is 0.165 e. The molecule has 25 heavy (non-hydrogen) atoms. The lowest BCUT2D eigenvalue weighted by molar-refractivity contribution is 0.590. The second-order valence-electron chi connectivity index (χ2n) is 6.03. The average Bonchev–Trinajstić information content (AvgIpc) is 3.04. The number of rotatable bonds is 3. The van der Waals surface area contributed by atoms with Gasteiger partial charge in [0, 0.05) is 48.7 Å². The highest BCUT2D eigenvalue weighted by Gasteiger charge is 2.25. The van der Waals surface area contributed by atoms with Gasteiger partial charge < -0.3 is 10.2 Å². The highest BCUT2D eigenvalue weighted by molar-refractivity contribution is 5.91. The van der Waals surface area contributed by atoms with Gasteiger partial charge in [0.15, 0.2) is 17.5 Å². The number of anilines is 2. The maximum absolute atomic E-state index is 13.9. The van der Waals surface area contributed by atoms with Crippen LogP contribution >= 0.6 is 0 Å². The molecule has 0 radical (unpaired) electrons. The molecule has 1 aliphatic heterocycles. The summed E-state index contributed by atoms with van der Waals surface area (Å²) in [5, 5.41) is 3.68. The number of aromatic nitrogens is 2. The molecule has 0 bridgehead atoms. The minimum atomic E-state index is -0.692. The Bertz CT molecular complexity index is 931. The molecule has 1 fully saturated rings. The van der Waals surface area contributed by atoms with Gasteiger partial charge in [-0.15, -0.1) is 0 Å². The number of nitrogens with one attached hydrogen (secondary N) is 1. The van der Waals surface area contributed by atoms with Crippen molar-refractivity contribution in [1.82, 2.24) is 9.97 Å². The minimum Gasteiger partial charge on any atom is -0.380 e. The Balaban J connectivity index is 1.58. The third kappa shape index (κ3) is 2.97. The van der Waals surface area contributed by atoms with Crippen molar-refractivity contribution in [2.24, 2.45) is 0 Å². The summed E-state index contributed by atoms with van der Waals surface area (Å²) in [4.78, 5) is 9.93. The number of benzene rings is 1. The van der Waals surface area contributed by atoms with Gasteiger partial charge in [-0.1, -0.05) is 0 Å². The zero-order chi connectivity index (χ0) is 17.4. The fourth-order valence-electron chi connectivity index (χ4n) is 3.20. The number of pyridine rings is 2. The van der Waals surface area contributed by atoms with E-state index < -0.39 is 11.6 Å². The van der Waals surface area contributed by atoms with E-state index in [1.54, 1.807) is 18.3 Å². The molecule has 1 unspecified atom stereocenters. The summed E-state index contributed by atoms with van der Waals surface area (Å²) in [5.74, 6) is -1.38. The Morgan fingerprint density at radius 3 is 2.76 bits per heavy atom. The van der Waals surface area contributed by atoms with Crippen LogP contribution in [0.4, 0.5) is 24.7 Å². The molecule has 7 heteroatoms. The third-order valence-electron chi connectivity index (χ3n) is 4.35. The standard InChI is InChI=1S/C18H15F3N4/c19-11-8-13-16(3-6-22-17(13)15(21)9-11)24-12-4-7-25(10-12)18-14(20)2-1-5-23-18/h1-3,5-6,8-9,12H,4,7,10H2,(H,22,24). The van der Waals surface area contributed by atoms with Gasteiger partial charge in [0.25, 0.3) is 0 Å². The Labute approximate surface area is 142 Å². The van der Waals surface area contributed by atoms with Crippen LogP contribution in [-0.2, 0) is 0 Å². The quantitative estimate of drug-likeness (QED) is 0.786. The monoisotopic (exact) mass is 344 g/mol. The zero-order valence-corrected chi connectivity index (χ0v) is 13.2. The lowest BCUT2D eigenvalue weighted by Crippen LogP contribution is -2.27. The molecule has 1 aliphatic rings. The first-order valence-corrected chi connectivity index (χ1v) is 7.97. The number of nitrogens with zero attached hydrogens (tertiary/aromatic N) is 3. The first kappa shape index (κ1) is 15.7. The maximum atomic E-state index is 13.9. The smallest absolute Gasteiger partial charge is 0.165 e. The zero-order valence-electron chi connectivity index (χ0n) is 13.2. The molecule has 1 saturated heterocycles. The molecule has 0 aliphatic carbocycles. The summed E-state index contributed by atoms with van der Waals surface area (Å²) in [5.41, 5.74) is 0.730. The van der Waals surface area contributed by atoms with Crippen LogP contribution in [0.1, 0.15) is 6.42 Å². The van der Waals surface area contributed by atoms with Crippen LogP contribution in [0, 0.1) is 17.5 Å². The highest BCUT2D eigenvalue weighted by atomic mass is 19.1. The third-order valence-corrected chi connectivity index (χ3v) is 4.35. The van der Waals surface area contributed by atoms with E-state index in [1.165, 1.54) is 18.3 Å². The first-order valence-electron chi connectivity index (χ1n) is 7.97. The molecule has 1 atom stereocenters. The molecule has 128 valence electrons. The van der Waals surface area contributed by atoms with E-state index in [9.17, 15) is 13.2 Å². The molecule has 3 heterocycles. The van der Waals surface area contributed by atoms with Crippen molar-refractivity contribution in [2.75, 3.05) is 23.3 Å². The second kappa shape index (κ2) is 6.23. The lowest BCUT2D eigenvalue weighted by atomic mass is 10.1. The summed E-state index contributed by atoms with van der Waals surface area (Å²) in [6.07, 6.45) is 3.80. The molecule has 1 aromatic carbocycles. The van der Waals surface area contributed by atoms with E-state index in [-0.39, 0.29) is 17.4 Å². The van der Waals surface area contributed by atoms with Gasteiger partial charge in [0.1, 0.15) is 11.3 Å². The summed E-state index contributed by atoms with van der Waals surface area (Å²) >= 11 is 0. The summed E-state index contributed by atoms with van der Waals surface area (Å²) in [7, 11) is 0. The SMILES string of the molecule is Fc1cc(F)c2nccc(NC3CCN(c4ncccc4F)C3)c2c1. The van der Waals surface area contributed by atoms with E-state index >= 15 is 0 Å². The van der Waals surface area contributed by atoms with E-state index in [4.69, 9.17) is 0 Å². The van der Waals surface area contributed by atoms with Crippen molar-refractivity contribution in [3.63, 3.8) is 0 Å². The fourth-order valence-corrected chi connectivity index (χ4v) is 3.20. The molecule has 4 rings (SSSR count). The van der Waals surface area contributed by atoms with E-state index in [0.29, 0.717) is 30.0 Å². The molecule has 0 spiro atoms. The predicted octanol–water partition coefficient (Wildman–Crippen LogP) is 3.74. The molecule has 3 aromatic rings.